The number of nitrogens with zero attached hydrogens (tertiary/aromatic N) is 2. The normalized spacial score (nSPS) is 16.9. The van der Waals surface area contributed by atoms with E-state index in [0.717, 1.165) is 31.3 Å². The van der Waals surface area contributed by atoms with Gasteiger partial charge in [-0.1, -0.05) is 18.2 Å². The molecular formula is C19H33IN4O. The standard InChI is InChI=1S/C19H32N4O.HI/c1-19(2,3)22-18(20-4)21-14-16(23-12-8-9-13-23)15-10-6-7-11-17(15)24-5;/h6-7,10-11,16H,8-9,12-14H2,1-5H3,(H2,20,21,22);1H. The van der Waals surface area contributed by atoms with Crippen LogP contribution in [0, 0.1) is 0 Å². The predicted molar refractivity (Wildman–Crippen MR) is 116 cm³/mol. The first kappa shape index (κ1) is 22.0. The minimum absolute atomic E-state index is 0. The third-order valence-corrected chi connectivity index (χ3v) is 4.26. The number of aliphatic imine (C=N–C) groups is 1. The topological polar surface area (TPSA) is 48.9 Å². The Kier molecular flexibility index (Phi) is 8.99. The summed E-state index contributed by atoms with van der Waals surface area (Å²) in [6.45, 7) is 9.48. The number of nitrogens with one attached hydrogen (secondary N) is 2. The number of benzene rings is 1. The molecule has 1 fully saturated rings. The second kappa shape index (κ2) is 10.2. The van der Waals surface area contributed by atoms with Crippen LogP contribution in [0.4, 0.5) is 0 Å². The summed E-state index contributed by atoms with van der Waals surface area (Å²) in [5.74, 6) is 1.79. The molecule has 2 N–H and O–H groups in total. The van der Waals surface area contributed by atoms with E-state index in [1.807, 2.05) is 19.2 Å². The molecule has 6 heteroatoms. The summed E-state index contributed by atoms with van der Waals surface area (Å²) in [4.78, 5) is 6.89. The van der Waals surface area contributed by atoms with Gasteiger partial charge in [0, 0.05) is 24.7 Å². The number of hydrogen-bond donors (Lipinski definition) is 2. The van der Waals surface area contributed by atoms with Crippen LogP contribution in [0.15, 0.2) is 29.3 Å². The van der Waals surface area contributed by atoms with Gasteiger partial charge in [0.15, 0.2) is 5.96 Å². The number of methoxy groups -OCH3 is 1. The molecule has 25 heavy (non-hydrogen) atoms. The third kappa shape index (κ3) is 6.66. The quantitative estimate of drug-likeness (QED) is 0.402. The van der Waals surface area contributed by atoms with Crippen LogP contribution < -0.4 is 15.4 Å². The third-order valence-electron chi connectivity index (χ3n) is 4.26. The molecular weight excluding hydrogens is 427 g/mol. The molecule has 0 amide bonds. The largest absolute Gasteiger partial charge is 0.496 e. The molecule has 0 bridgehead atoms. The van der Waals surface area contributed by atoms with Crippen molar-refractivity contribution in [2.45, 2.75) is 45.2 Å². The first-order chi connectivity index (χ1) is 11.4. The van der Waals surface area contributed by atoms with Gasteiger partial charge in [0.1, 0.15) is 5.75 Å². The van der Waals surface area contributed by atoms with E-state index >= 15 is 0 Å². The van der Waals surface area contributed by atoms with Gasteiger partial charge < -0.3 is 15.4 Å². The minimum Gasteiger partial charge on any atom is -0.496 e. The van der Waals surface area contributed by atoms with Crippen LogP contribution >= 0.6 is 24.0 Å². The van der Waals surface area contributed by atoms with E-state index in [0.29, 0.717) is 0 Å². The predicted octanol–water partition coefficient (Wildman–Crippen LogP) is 3.41. The molecule has 2 rings (SSSR count). The highest BCUT2D eigenvalue weighted by Gasteiger charge is 2.26. The van der Waals surface area contributed by atoms with Crippen LogP contribution in [0.1, 0.15) is 45.2 Å². The molecule has 1 saturated heterocycles. The molecule has 1 aromatic rings. The summed E-state index contributed by atoms with van der Waals surface area (Å²) in [6, 6.07) is 8.60. The van der Waals surface area contributed by atoms with Crippen molar-refractivity contribution in [3.05, 3.63) is 29.8 Å². The lowest BCUT2D eigenvalue weighted by Crippen LogP contribution is -2.49. The van der Waals surface area contributed by atoms with E-state index in [-0.39, 0.29) is 35.6 Å². The van der Waals surface area contributed by atoms with Gasteiger partial charge in [-0.2, -0.15) is 0 Å². The average Bonchev–Trinajstić information content (AvgIpc) is 3.07. The van der Waals surface area contributed by atoms with Gasteiger partial charge in [-0.3, -0.25) is 9.89 Å². The van der Waals surface area contributed by atoms with Crippen molar-refractivity contribution in [2.24, 2.45) is 4.99 Å². The molecule has 0 radical (unpaired) electrons. The lowest BCUT2D eigenvalue weighted by atomic mass is 10.0. The summed E-state index contributed by atoms with van der Waals surface area (Å²) < 4.78 is 5.60. The second-order valence-corrected chi connectivity index (χ2v) is 7.33. The minimum atomic E-state index is -0.0184. The maximum atomic E-state index is 5.60. The Labute approximate surface area is 169 Å². The van der Waals surface area contributed by atoms with E-state index in [1.165, 1.54) is 18.4 Å². The zero-order valence-electron chi connectivity index (χ0n) is 16.1. The monoisotopic (exact) mass is 460 g/mol. The van der Waals surface area contributed by atoms with Crippen molar-refractivity contribution in [1.29, 1.82) is 0 Å². The smallest absolute Gasteiger partial charge is 0.191 e. The van der Waals surface area contributed by atoms with E-state index in [1.54, 1.807) is 7.11 Å². The summed E-state index contributed by atoms with van der Waals surface area (Å²) >= 11 is 0. The Morgan fingerprint density at radius 3 is 2.44 bits per heavy atom. The Morgan fingerprint density at radius 1 is 1.24 bits per heavy atom. The van der Waals surface area contributed by atoms with Gasteiger partial charge in [0.25, 0.3) is 0 Å². The van der Waals surface area contributed by atoms with Crippen molar-refractivity contribution in [3.8, 4) is 5.75 Å². The Balaban J connectivity index is 0.00000312. The molecule has 1 aliphatic heterocycles. The van der Waals surface area contributed by atoms with Crippen LogP contribution in [0.25, 0.3) is 0 Å². The molecule has 0 spiro atoms. The number of rotatable bonds is 5. The van der Waals surface area contributed by atoms with Crippen molar-refractivity contribution >= 4 is 29.9 Å². The van der Waals surface area contributed by atoms with Gasteiger partial charge >= 0.3 is 0 Å². The zero-order valence-corrected chi connectivity index (χ0v) is 18.5. The van der Waals surface area contributed by atoms with Gasteiger partial charge in [-0.25, -0.2) is 0 Å². The highest BCUT2D eigenvalue weighted by atomic mass is 127. The number of likely N-dealkylation sites (tertiary alicyclic amines) is 1. The first-order valence-corrected chi connectivity index (χ1v) is 8.80. The number of ether oxygens (including phenoxy) is 1. The Hall–Kier alpha value is -1.02. The fraction of sp³-hybridized carbons (Fsp3) is 0.632. The molecule has 0 saturated carbocycles. The average molecular weight is 460 g/mol. The van der Waals surface area contributed by atoms with E-state index < -0.39 is 0 Å². The number of halogens is 1. The summed E-state index contributed by atoms with van der Waals surface area (Å²) in [7, 11) is 3.56. The second-order valence-electron chi connectivity index (χ2n) is 7.33. The van der Waals surface area contributed by atoms with Crippen LogP contribution in [0.3, 0.4) is 0 Å². The molecule has 1 atom stereocenters. The molecule has 5 nitrogen and oxygen atoms in total. The van der Waals surface area contributed by atoms with Crippen molar-refractivity contribution in [1.82, 2.24) is 15.5 Å². The lowest BCUT2D eigenvalue weighted by Gasteiger charge is -2.31. The summed E-state index contributed by atoms with van der Waals surface area (Å²) in [5.41, 5.74) is 1.22. The van der Waals surface area contributed by atoms with Gasteiger partial charge in [0.2, 0.25) is 0 Å². The van der Waals surface area contributed by atoms with Gasteiger partial charge in [-0.15, -0.1) is 24.0 Å². The number of guanidine groups is 1. The van der Waals surface area contributed by atoms with Gasteiger partial charge in [-0.05, 0) is 52.8 Å². The van der Waals surface area contributed by atoms with Crippen molar-refractivity contribution < 1.29 is 4.74 Å². The highest BCUT2D eigenvalue weighted by molar-refractivity contribution is 14.0. The number of hydrogen-bond acceptors (Lipinski definition) is 3. The zero-order chi connectivity index (χ0) is 17.6. The maximum absolute atomic E-state index is 5.60. The Morgan fingerprint density at radius 2 is 1.88 bits per heavy atom. The van der Waals surface area contributed by atoms with Crippen LogP contribution in [0.2, 0.25) is 0 Å². The van der Waals surface area contributed by atoms with E-state index in [4.69, 9.17) is 4.74 Å². The summed E-state index contributed by atoms with van der Waals surface area (Å²) in [5, 5.41) is 6.92. The van der Waals surface area contributed by atoms with Crippen LogP contribution in [0.5, 0.6) is 5.75 Å². The summed E-state index contributed by atoms with van der Waals surface area (Å²) in [6.07, 6.45) is 2.53. The molecule has 1 unspecified atom stereocenters. The Bertz CT molecular complexity index is 551. The van der Waals surface area contributed by atoms with E-state index in [2.05, 4.69) is 53.4 Å². The van der Waals surface area contributed by atoms with Crippen LogP contribution in [-0.4, -0.2) is 50.2 Å². The number of para-hydroxylation sites is 1. The highest BCUT2D eigenvalue weighted by Crippen LogP contribution is 2.31. The fourth-order valence-corrected chi connectivity index (χ4v) is 3.16. The molecule has 142 valence electrons. The molecule has 0 aromatic heterocycles. The first-order valence-electron chi connectivity index (χ1n) is 8.80. The van der Waals surface area contributed by atoms with Crippen molar-refractivity contribution in [2.75, 3.05) is 33.8 Å². The molecule has 1 aromatic carbocycles. The SMILES string of the molecule is CN=C(NCC(c1ccccc1OC)N1CCCC1)NC(C)(C)C.I. The lowest BCUT2D eigenvalue weighted by molar-refractivity contribution is 0.239. The molecule has 1 heterocycles. The molecule has 0 aliphatic carbocycles. The fourth-order valence-electron chi connectivity index (χ4n) is 3.16. The van der Waals surface area contributed by atoms with E-state index in [9.17, 15) is 0 Å². The molecule has 1 aliphatic rings. The maximum Gasteiger partial charge on any atom is 0.191 e. The van der Waals surface area contributed by atoms with Gasteiger partial charge in [0.05, 0.1) is 13.2 Å². The van der Waals surface area contributed by atoms with Crippen molar-refractivity contribution in [3.63, 3.8) is 0 Å². The van der Waals surface area contributed by atoms with Crippen LogP contribution in [-0.2, 0) is 0 Å².